The molecule has 0 aliphatic rings. The minimum absolute atomic E-state index is 0.833. The van der Waals surface area contributed by atoms with Crippen molar-refractivity contribution in [1.82, 2.24) is 0 Å². The Morgan fingerprint density at radius 1 is 0.542 bits per heavy atom. The topological polar surface area (TPSA) is 112 Å². The Bertz CT molecular complexity index is 311. The van der Waals surface area contributed by atoms with E-state index in [0.29, 0.717) is 0 Å². The number of hydrogen-bond donors (Lipinski definition) is 3. The first kappa shape index (κ1) is 37.3. The van der Waals surface area contributed by atoms with Gasteiger partial charge >= 0.3 is 17.9 Å². The standard InChI is InChI=1S/3C3H4O2.3C3H6/c3*1-2-3(4)5;3*1-3-2/h3*2H,1H2,(H,4,5);3*3H,1H2,2H3. The molecular weight excluding hydrogens is 312 g/mol. The van der Waals surface area contributed by atoms with Gasteiger partial charge in [-0.25, -0.2) is 14.4 Å². The van der Waals surface area contributed by atoms with Crippen LogP contribution in [0.4, 0.5) is 0 Å². The van der Waals surface area contributed by atoms with E-state index in [-0.39, 0.29) is 0 Å². The first-order valence-corrected chi connectivity index (χ1v) is 6.33. The van der Waals surface area contributed by atoms with Crippen molar-refractivity contribution in [1.29, 1.82) is 0 Å². The molecule has 0 aliphatic carbocycles. The lowest BCUT2D eigenvalue weighted by Crippen LogP contribution is -1.82. The van der Waals surface area contributed by atoms with Crippen molar-refractivity contribution in [2.75, 3.05) is 0 Å². The van der Waals surface area contributed by atoms with Crippen LogP contribution in [-0.4, -0.2) is 33.2 Å². The monoisotopic (exact) mass is 342 g/mol. The van der Waals surface area contributed by atoms with Crippen LogP contribution in [0.15, 0.2) is 75.9 Å². The molecule has 0 saturated heterocycles. The van der Waals surface area contributed by atoms with Crippen LogP contribution in [-0.2, 0) is 14.4 Å². The van der Waals surface area contributed by atoms with Crippen LogP contribution >= 0.6 is 0 Å². The van der Waals surface area contributed by atoms with E-state index in [4.69, 9.17) is 15.3 Å². The fourth-order valence-corrected chi connectivity index (χ4v) is 0. The van der Waals surface area contributed by atoms with E-state index in [0.717, 1.165) is 18.2 Å². The highest BCUT2D eigenvalue weighted by atomic mass is 16.4. The van der Waals surface area contributed by atoms with Gasteiger partial charge in [-0.1, -0.05) is 38.0 Å². The van der Waals surface area contributed by atoms with Gasteiger partial charge in [-0.3, -0.25) is 0 Å². The van der Waals surface area contributed by atoms with Crippen molar-refractivity contribution >= 4 is 17.9 Å². The summed E-state index contributed by atoms with van der Waals surface area (Å²) in [6.45, 7) is 24.6. The predicted octanol–water partition coefficient (Wildman–Crippen LogP) is 4.35. The molecule has 0 aliphatic heterocycles. The van der Waals surface area contributed by atoms with Gasteiger partial charge in [-0.15, -0.1) is 19.7 Å². The zero-order valence-electron chi connectivity index (χ0n) is 14.8. The van der Waals surface area contributed by atoms with Crippen LogP contribution in [0.3, 0.4) is 0 Å². The summed E-state index contributed by atoms with van der Waals surface area (Å²) < 4.78 is 0. The summed E-state index contributed by atoms with van der Waals surface area (Å²) in [7, 11) is 0. The Hall–Kier alpha value is -3.15. The zero-order chi connectivity index (χ0) is 21.0. The number of carbonyl (C=O) groups is 3. The SMILES string of the molecule is C=CC.C=CC.C=CC.C=CC(=O)O.C=CC(=O)O.C=CC(=O)O. The first-order valence-electron chi connectivity index (χ1n) is 6.33. The molecule has 0 rings (SSSR count). The lowest BCUT2D eigenvalue weighted by atomic mass is 10.7. The van der Waals surface area contributed by atoms with Crippen molar-refractivity contribution in [3.8, 4) is 0 Å². The minimum Gasteiger partial charge on any atom is -0.478 e. The van der Waals surface area contributed by atoms with E-state index in [1.54, 1.807) is 18.2 Å². The molecule has 0 aromatic rings. The Morgan fingerprint density at radius 3 is 0.583 bits per heavy atom. The molecule has 0 amide bonds. The van der Waals surface area contributed by atoms with Gasteiger partial charge in [0.05, 0.1) is 0 Å². The summed E-state index contributed by atoms with van der Waals surface area (Å²) in [5.74, 6) is -2.94. The molecule has 3 N–H and O–H groups in total. The first-order chi connectivity index (χ1) is 11.1. The number of aliphatic carboxylic acids is 3. The van der Waals surface area contributed by atoms with Crippen molar-refractivity contribution in [3.63, 3.8) is 0 Å². The van der Waals surface area contributed by atoms with Gasteiger partial charge in [0.2, 0.25) is 0 Å². The van der Waals surface area contributed by atoms with Crippen LogP contribution in [0, 0.1) is 0 Å². The van der Waals surface area contributed by atoms with Gasteiger partial charge in [0.1, 0.15) is 0 Å². The number of allylic oxidation sites excluding steroid dienone is 3. The van der Waals surface area contributed by atoms with Crippen LogP contribution in [0.1, 0.15) is 20.8 Å². The second-order valence-electron chi connectivity index (χ2n) is 2.85. The average Bonchev–Trinajstić information content (AvgIpc) is 2.50. The normalized spacial score (nSPS) is 5.62. The third kappa shape index (κ3) is 739. The smallest absolute Gasteiger partial charge is 0.327 e. The number of hydrogen-bond acceptors (Lipinski definition) is 3. The third-order valence-corrected chi connectivity index (χ3v) is 0.524. The highest BCUT2D eigenvalue weighted by Crippen LogP contribution is 1.55. The van der Waals surface area contributed by atoms with E-state index < -0.39 is 17.9 Å². The molecular formula is C18H30O6. The van der Waals surface area contributed by atoms with Gasteiger partial charge < -0.3 is 15.3 Å². The van der Waals surface area contributed by atoms with Crippen molar-refractivity contribution in [2.45, 2.75) is 20.8 Å². The predicted molar refractivity (Wildman–Crippen MR) is 101 cm³/mol. The lowest BCUT2D eigenvalue weighted by molar-refractivity contribution is -0.132. The fraction of sp³-hybridized carbons (Fsp3) is 0.167. The Labute approximate surface area is 145 Å². The Kier molecular flexibility index (Phi) is 78.0. The summed E-state index contributed by atoms with van der Waals surface area (Å²) in [4.78, 5) is 27.8. The maximum absolute atomic E-state index is 9.25. The summed E-state index contributed by atoms with van der Waals surface area (Å²) in [5, 5.41) is 22.8. The van der Waals surface area contributed by atoms with Gasteiger partial charge in [-0.05, 0) is 20.8 Å². The summed E-state index contributed by atoms with van der Waals surface area (Å²) in [5.41, 5.74) is 0. The van der Waals surface area contributed by atoms with Crippen molar-refractivity contribution in [2.24, 2.45) is 0 Å². The van der Waals surface area contributed by atoms with Gasteiger partial charge in [0.25, 0.3) is 0 Å². The molecule has 0 unspecified atom stereocenters. The molecule has 0 heterocycles. The van der Waals surface area contributed by atoms with Crippen LogP contribution < -0.4 is 0 Å². The van der Waals surface area contributed by atoms with E-state index >= 15 is 0 Å². The van der Waals surface area contributed by atoms with E-state index in [1.807, 2.05) is 20.8 Å². The van der Waals surface area contributed by atoms with E-state index in [9.17, 15) is 14.4 Å². The lowest BCUT2D eigenvalue weighted by Gasteiger charge is -1.64. The van der Waals surface area contributed by atoms with E-state index in [1.165, 1.54) is 0 Å². The highest BCUT2D eigenvalue weighted by molar-refractivity contribution is 5.79. The molecule has 0 atom stereocenters. The van der Waals surface area contributed by atoms with Crippen molar-refractivity contribution < 1.29 is 29.7 Å². The van der Waals surface area contributed by atoms with Gasteiger partial charge in [0.15, 0.2) is 0 Å². The molecule has 0 aromatic heterocycles. The van der Waals surface area contributed by atoms with Gasteiger partial charge in [0, 0.05) is 18.2 Å². The summed E-state index contributed by atoms with van der Waals surface area (Å²) in [6.07, 6.45) is 7.75. The van der Waals surface area contributed by atoms with Crippen LogP contribution in [0.5, 0.6) is 0 Å². The maximum atomic E-state index is 9.25. The number of carboxylic acid groups (broad SMARTS) is 3. The maximum Gasteiger partial charge on any atom is 0.327 e. The molecule has 24 heavy (non-hydrogen) atoms. The molecule has 138 valence electrons. The van der Waals surface area contributed by atoms with Crippen LogP contribution in [0.25, 0.3) is 0 Å². The molecule has 0 spiro atoms. The Morgan fingerprint density at radius 2 is 0.583 bits per heavy atom. The minimum atomic E-state index is -0.981. The summed E-state index contributed by atoms with van der Waals surface area (Å²) in [6, 6.07) is 0. The molecule has 0 fully saturated rings. The molecule has 0 saturated carbocycles. The number of rotatable bonds is 3. The van der Waals surface area contributed by atoms with Crippen LogP contribution in [0.2, 0.25) is 0 Å². The number of carboxylic acids is 3. The second kappa shape index (κ2) is 50.2. The molecule has 0 bridgehead atoms. The Balaban J connectivity index is -0.0000000413. The van der Waals surface area contributed by atoms with Crippen molar-refractivity contribution in [3.05, 3.63) is 75.9 Å². The second-order valence-corrected chi connectivity index (χ2v) is 2.85. The fourth-order valence-electron chi connectivity index (χ4n) is 0. The van der Waals surface area contributed by atoms with E-state index in [2.05, 4.69) is 39.5 Å². The van der Waals surface area contributed by atoms with Gasteiger partial charge in [-0.2, -0.15) is 0 Å². The average molecular weight is 342 g/mol. The molecule has 6 heteroatoms. The largest absolute Gasteiger partial charge is 0.478 e. The summed E-state index contributed by atoms with van der Waals surface area (Å²) >= 11 is 0. The quantitative estimate of drug-likeness (QED) is 0.519. The molecule has 6 nitrogen and oxygen atoms in total. The zero-order valence-corrected chi connectivity index (χ0v) is 14.8. The molecule has 0 aromatic carbocycles. The molecule has 0 radical (unpaired) electrons. The highest BCUT2D eigenvalue weighted by Gasteiger charge is 1.74. The third-order valence-electron chi connectivity index (χ3n) is 0.524.